The van der Waals surface area contributed by atoms with Crippen LogP contribution in [0.2, 0.25) is 0 Å². The van der Waals surface area contributed by atoms with Crippen molar-refractivity contribution < 1.29 is 9.53 Å². The van der Waals surface area contributed by atoms with E-state index in [2.05, 4.69) is 15.9 Å². The molecule has 0 saturated carbocycles. The maximum atomic E-state index is 12.7. The Morgan fingerprint density at radius 1 is 1.20 bits per heavy atom. The predicted octanol–water partition coefficient (Wildman–Crippen LogP) is 4.23. The van der Waals surface area contributed by atoms with Crippen molar-refractivity contribution in [1.82, 2.24) is 0 Å². The molecule has 0 atom stereocenters. The molecule has 0 amide bonds. The number of fused-ring (bicyclic) bond motifs is 1. The van der Waals surface area contributed by atoms with Gasteiger partial charge in [-0.15, -0.1) is 0 Å². The normalized spacial score (nSPS) is 12.9. The smallest absolute Gasteiger partial charge is 0.196 e. The summed E-state index contributed by atoms with van der Waals surface area (Å²) >= 11 is 3.53. The lowest BCUT2D eigenvalue weighted by Gasteiger charge is -2.10. The van der Waals surface area contributed by atoms with Crippen LogP contribution < -0.4 is 4.74 Å². The molecule has 0 saturated heterocycles. The molecule has 0 fully saturated rings. The highest BCUT2D eigenvalue weighted by Crippen LogP contribution is 2.32. The van der Waals surface area contributed by atoms with E-state index in [4.69, 9.17) is 4.74 Å². The SMILES string of the molecule is Cc1cc(C(=O)c2cccc3c2OCC3)cc(C)c1Br. The second kappa shape index (κ2) is 5.06. The van der Waals surface area contributed by atoms with E-state index < -0.39 is 0 Å². The molecule has 0 spiro atoms. The summed E-state index contributed by atoms with van der Waals surface area (Å²) in [7, 11) is 0. The summed E-state index contributed by atoms with van der Waals surface area (Å²) in [6.07, 6.45) is 0.884. The number of carbonyl (C=O) groups excluding carboxylic acids is 1. The number of para-hydroxylation sites is 1. The summed E-state index contributed by atoms with van der Waals surface area (Å²) in [5.74, 6) is 0.790. The number of hydrogen-bond donors (Lipinski definition) is 0. The van der Waals surface area contributed by atoms with Gasteiger partial charge in [-0.3, -0.25) is 4.79 Å². The second-order valence-electron chi connectivity index (χ2n) is 5.15. The van der Waals surface area contributed by atoms with E-state index in [0.717, 1.165) is 33.3 Å². The lowest BCUT2D eigenvalue weighted by atomic mass is 9.97. The van der Waals surface area contributed by atoms with Crippen LogP contribution in [0.4, 0.5) is 0 Å². The molecule has 1 aliphatic rings. The number of ketones is 1. The van der Waals surface area contributed by atoms with Crippen LogP contribution in [-0.4, -0.2) is 12.4 Å². The molecule has 3 heteroatoms. The van der Waals surface area contributed by atoms with Crippen LogP contribution >= 0.6 is 15.9 Å². The molecule has 102 valence electrons. The van der Waals surface area contributed by atoms with E-state index in [1.807, 2.05) is 44.2 Å². The minimum Gasteiger partial charge on any atom is -0.492 e. The van der Waals surface area contributed by atoms with E-state index in [1.54, 1.807) is 0 Å². The Morgan fingerprint density at radius 3 is 2.60 bits per heavy atom. The van der Waals surface area contributed by atoms with Gasteiger partial charge in [-0.25, -0.2) is 0 Å². The molecule has 0 radical (unpaired) electrons. The molecule has 20 heavy (non-hydrogen) atoms. The van der Waals surface area contributed by atoms with Gasteiger partial charge in [0, 0.05) is 16.5 Å². The summed E-state index contributed by atoms with van der Waals surface area (Å²) in [6, 6.07) is 9.65. The van der Waals surface area contributed by atoms with E-state index in [1.165, 1.54) is 0 Å². The lowest BCUT2D eigenvalue weighted by Crippen LogP contribution is -2.05. The first-order valence-corrected chi connectivity index (χ1v) is 7.43. The van der Waals surface area contributed by atoms with Crippen molar-refractivity contribution in [2.24, 2.45) is 0 Å². The van der Waals surface area contributed by atoms with E-state index in [-0.39, 0.29) is 5.78 Å². The second-order valence-corrected chi connectivity index (χ2v) is 5.94. The van der Waals surface area contributed by atoms with Gasteiger partial charge < -0.3 is 4.74 Å². The van der Waals surface area contributed by atoms with Crippen LogP contribution in [0, 0.1) is 13.8 Å². The van der Waals surface area contributed by atoms with Gasteiger partial charge in [0.05, 0.1) is 12.2 Å². The Kier molecular flexibility index (Phi) is 3.38. The van der Waals surface area contributed by atoms with Crippen LogP contribution in [0.25, 0.3) is 0 Å². The zero-order valence-electron chi connectivity index (χ0n) is 11.5. The van der Waals surface area contributed by atoms with Gasteiger partial charge in [0.1, 0.15) is 5.75 Å². The van der Waals surface area contributed by atoms with Crippen LogP contribution in [0.5, 0.6) is 5.75 Å². The largest absolute Gasteiger partial charge is 0.492 e. The average Bonchev–Trinajstić information content (AvgIpc) is 2.91. The quantitative estimate of drug-likeness (QED) is 0.770. The van der Waals surface area contributed by atoms with Crippen molar-refractivity contribution in [3.8, 4) is 5.75 Å². The highest BCUT2D eigenvalue weighted by Gasteiger charge is 2.21. The minimum absolute atomic E-state index is 0.0300. The zero-order valence-corrected chi connectivity index (χ0v) is 13.1. The molecule has 2 nitrogen and oxygen atoms in total. The fourth-order valence-corrected chi connectivity index (χ4v) is 2.86. The summed E-state index contributed by atoms with van der Waals surface area (Å²) in [5, 5.41) is 0. The van der Waals surface area contributed by atoms with E-state index >= 15 is 0 Å². The van der Waals surface area contributed by atoms with Gasteiger partial charge in [-0.1, -0.05) is 28.1 Å². The summed E-state index contributed by atoms with van der Waals surface area (Å²) in [5.41, 5.74) is 4.65. The Labute approximate surface area is 126 Å². The molecule has 2 aromatic rings. The van der Waals surface area contributed by atoms with Crippen LogP contribution in [0.15, 0.2) is 34.8 Å². The third kappa shape index (κ3) is 2.16. The fourth-order valence-electron chi connectivity index (χ4n) is 2.63. The lowest BCUT2D eigenvalue weighted by molar-refractivity contribution is 0.103. The maximum absolute atomic E-state index is 12.7. The Bertz CT molecular complexity index is 681. The first kappa shape index (κ1) is 13.4. The number of benzene rings is 2. The first-order chi connectivity index (χ1) is 9.58. The van der Waals surface area contributed by atoms with E-state index in [9.17, 15) is 4.79 Å². The topological polar surface area (TPSA) is 26.3 Å². The summed E-state index contributed by atoms with van der Waals surface area (Å²) in [4.78, 5) is 12.7. The third-order valence-corrected chi connectivity index (χ3v) is 4.91. The number of halogens is 1. The number of ether oxygens (including phenoxy) is 1. The van der Waals surface area contributed by atoms with Gasteiger partial charge in [0.25, 0.3) is 0 Å². The van der Waals surface area contributed by atoms with Crippen molar-refractivity contribution in [3.05, 3.63) is 62.6 Å². The molecule has 0 unspecified atom stereocenters. The zero-order chi connectivity index (χ0) is 14.3. The highest BCUT2D eigenvalue weighted by atomic mass is 79.9. The average molecular weight is 331 g/mol. The number of rotatable bonds is 2. The molecule has 0 aromatic heterocycles. The molecule has 0 aliphatic carbocycles. The molecular weight excluding hydrogens is 316 g/mol. The minimum atomic E-state index is 0.0300. The van der Waals surface area contributed by atoms with Crippen molar-refractivity contribution >= 4 is 21.7 Å². The molecular formula is C17H15BrO2. The summed E-state index contributed by atoms with van der Waals surface area (Å²) < 4.78 is 6.69. The van der Waals surface area contributed by atoms with Crippen molar-refractivity contribution in [1.29, 1.82) is 0 Å². The Morgan fingerprint density at radius 2 is 1.90 bits per heavy atom. The van der Waals surface area contributed by atoms with Gasteiger partial charge in [-0.05, 0) is 48.7 Å². The molecule has 2 aromatic carbocycles. The van der Waals surface area contributed by atoms with Gasteiger partial charge in [0.2, 0.25) is 0 Å². The maximum Gasteiger partial charge on any atom is 0.196 e. The highest BCUT2D eigenvalue weighted by molar-refractivity contribution is 9.10. The van der Waals surface area contributed by atoms with Crippen molar-refractivity contribution in [2.45, 2.75) is 20.3 Å². The van der Waals surface area contributed by atoms with Crippen LogP contribution in [-0.2, 0) is 6.42 Å². The first-order valence-electron chi connectivity index (χ1n) is 6.64. The third-order valence-electron chi connectivity index (χ3n) is 3.66. The van der Waals surface area contributed by atoms with Gasteiger partial charge in [0.15, 0.2) is 5.78 Å². The van der Waals surface area contributed by atoms with Crippen LogP contribution in [0.3, 0.4) is 0 Å². The van der Waals surface area contributed by atoms with Gasteiger partial charge >= 0.3 is 0 Å². The molecule has 3 rings (SSSR count). The van der Waals surface area contributed by atoms with Crippen molar-refractivity contribution in [3.63, 3.8) is 0 Å². The number of carbonyl (C=O) groups is 1. The summed E-state index contributed by atoms with van der Waals surface area (Å²) in [6.45, 7) is 4.66. The molecule has 1 aliphatic heterocycles. The molecule has 0 bridgehead atoms. The van der Waals surface area contributed by atoms with E-state index in [0.29, 0.717) is 17.7 Å². The molecule has 0 N–H and O–H groups in total. The Balaban J connectivity index is 2.08. The number of hydrogen-bond acceptors (Lipinski definition) is 2. The molecule has 1 heterocycles. The van der Waals surface area contributed by atoms with Gasteiger partial charge in [-0.2, -0.15) is 0 Å². The standard InChI is InChI=1S/C17H15BrO2/c1-10-8-13(9-11(2)15(10)18)16(19)14-5-3-4-12-6-7-20-17(12)14/h3-5,8-9H,6-7H2,1-2H3. The Hall–Kier alpha value is -1.61. The monoisotopic (exact) mass is 330 g/mol. The fraction of sp³-hybridized carbons (Fsp3) is 0.235. The number of aryl methyl sites for hydroxylation is 2. The van der Waals surface area contributed by atoms with Crippen LogP contribution in [0.1, 0.15) is 32.6 Å². The van der Waals surface area contributed by atoms with Crippen molar-refractivity contribution in [2.75, 3.05) is 6.61 Å². The predicted molar refractivity (Wildman–Crippen MR) is 82.7 cm³/mol.